The number of amides is 1. The molecule has 8 heteroatoms. The van der Waals surface area contributed by atoms with Gasteiger partial charge in [-0.15, -0.1) is 0 Å². The van der Waals surface area contributed by atoms with Crippen LogP contribution in [0.25, 0.3) is 0 Å². The van der Waals surface area contributed by atoms with Crippen LogP contribution in [0, 0.1) is 10.1 Å². The average molecular weight is 312 g/mol. The third-order valence-electron chi connectivity index (χ3n) is 2.36. The van der Waals surface area contributed by atoms with Gasteiger partial charge in [0, 0.05) is 11.1 Å². The lowest BCUT2D eigenvalue weighted by Crippen LogP contribution is -2.14. The van der Waals surface area contributed by atoms with Crippen LogP contribution in [0.1, 0.15) is 10.4 Å². The number of hydrogen-bond acceptors (Lipinski definition) is 4. The maximum absolute atomic E-state index is 12.0. The number of nitrogens with zero attached hydrogens (tertiary/aromatic N) is 2. The van der Waals surface area contributed by atoms with E-state index >= 15 is 0 Å². The quantitative estimate of drug-likeness (QED) is 0.533. The van der Waals surface area contributed by atoms with E-state index < -0.39 is 10.8 Å². The third kappa shape index (κ3) is 3.23. The van der Waals surface area contributed by atoms with Gasteiger partial charge < -0.3 is 5.32 Å². The van der Waals surface area contributed by atoms with Crippen LogP contribution in [0.4, 0.5) is 11.5 Å². The Bertz CT molecular complexity index is 691. The number of aromatic nitrogens is 1. The molecule has 6 nitrogen and oxygen atoms in total. The predicted octanol–water partition coefficient (Wildman–Crippen LogP) is 3.55. The van der Waals surface area contributed by atoms with Crippen molar-refractivity contribution in [2.45, 2.75) is 0 Å². The number of anilines is 1. The topological polar surface area (TPSA) is 85.1 Å². The number of nitro benzene ring substituents is 1. The first-order valence-corrected chi connectivity index (χ1v) is 6.11. The number of carbonyl (C=O) groups is 1. The Morgan fingerprint density at radius 1 is 1.25 bits per heavy atom. The fraction of sp³-hybridized carbons (Fsp3) is 0. The summed E-state index contributed by atoms with van der Waals surface area (Å²) in [6.45, 7) is 0. The summed E-state index contributed by atoms with van der Waals surface area (Å²) in [7, 11) is 0. The summed E-state index contributed by atoms with van der Waals surface area (Å²) >= 11 is 11.4. The van der Waals surface area contributed by atoms with Gasteiger partial charge in [0.15, 0.2) is 0 Å². The van der Waals surface area contributed by atoms with E-state index in [1.54, 1.807) is 12.1 Å². The molecule has 0 spiro atoms. The van der Waals surface area contributed by atoms with Crippen LogP contribution < -0.4 is 5.32 Å². The Kier molecular flexibility index (Phi) is 4.16. The number of nitro groups is 1. The molecule has 102 valence electrons. The second-order valence-corrected chi connectivity index (χ2v) is 4.54. The SMILES string of the molecule is O=C(Nc1cccc(Cl)n1)c1cc(Cl)ccc1[N+](=O)[O-]. The minimum Gasteiger partial charge on any atom is -0.306 e. The van der Waals surface area contributed by atoms with Gasteiger partial charge in [-0.25, -0.2) is 4.98 Å². The van der Waals surface area contributed by atoms with Crippen LogP contribution in [0.3, 0.4) is 0 Å². The zero-order valence-corrected chi connectivity index (χ0v) is 11.4. The molecule has 1 heterocycles. The molecule has 1 aromatic heterocycles. The van der Waals surface area contributed by atoms with Gasteiger partial charge in [-0.05, 0) is 24.3 Å². The number of pyridine rings is 1. The van der Waals surface area contributed by atoms with Crippen molar-refractivity contribution in [1.82, 2.24) is 4.98 Å². The lowest BCUT2D eigenvalue weighted by molar-refractivity contribution is -0.385. The van der Waals surface area contributed by atoms with Crippen molar-refractivity contribution in [3.63, 3.8) is 0 Å². The molecule has 0 unspecified atom stereocenters. The molecule has 0 atom stereocenters. The van der Waals surface area contributed by atoms with Gasteiger partial charge in [0.1, 0.15) is 16.5 Å². The zero-order valence-electron chi connectivity index (χ0n) is 9.84. The molecule has 0 aliphatic heterocycles. The van der Waals surface area contributed by atoms with Crippen LogP contribution in [-0.4, -0.2) is 15.8 Å². The number of rotatable bonds is 3. The van der Waals surface area contributed by atoms with Gasteiger partial charge in [0.05, 0.1) is 4.92 Å². The van der Waals surface area contributed by atoms with Crippen molar-refractivity contribution in [2.24, 2.45) is 0 Å². The summed E-state index contributed by atoms with van der Waals surface area (Å²) < 4.78 is 0. The number of carbonyl (C=O) groups excluding carboxylic acids is 1. The number of benzene rings is 1. The molecule has 2 rings (SSSR count). The molecule has 0 saturated heterocycles. The standard InChI is InChI=1S/C12H7Cl2N3O3/c13-7-4-5-9(17(19)20)8(6-7)12(18)16-11-3-1-2-10(14)15-11/h1-6H,(H,15,16,18). The van der Waals surface area contributed by atoms with Crippen LogP contribution in [-0.2, 0) is 0 Å². The highest BCUT2D eigenvalue weighted by molar-refractivity contribution is 6.31. The first kappa shape index (κ1) is 14.2. The molecule has 0 bridgehead atoms. The fourth-order valence-corrected chi connectivity index (χ4v) is 1.85. The minimum atomic E-state index is -0.686. The summed E-state index contributed by atoms with van der Waals surface area (Å²) in [6.07, 6.45) is 0. The Morgan fingerprint density at radius 3 is 2.65 bits per heavy atom. The third-order valence-corrected chi connectivity index (χ3v) is 2.80. The van der Waals surface area contributed by atoms with Crippen molar-refractivity contribution in [1.29, 1.82) is 0 Å². The van der Waals surface area contributed by atoms with Gasteiger partial charge in [-0.3, -0.25) is 14.9 Å². The van der Waals surface area contributed by atoms with Gasteiger partial charge in [-0.1, -0.05) is 29.3 Å². The average Bonchev–Trinajstić information content (AvgIpc) is 2.38. The molecule has 0 aliphatic carbocycles. The maximum atomic E-state index is 12.0. The normalized spacial score (nSPS) is 10.1. The second kappa shape index (κ2) is 5.85. The van der Waals surface area contributed by atoms with Crippen molar-refractivity contribution in [2.75, 3.05) is 5.32 Å². The zero-order chi connectivity index (χ0) is 14.7. The first-order chi connectivity index (χ1) is 9.47. The predicted molar refractivity (Wildman–Crippen MR) is 75.3 cm³/mol. The Morgan fingerprint density at radius 2 is 2.00 bits per heavy atom. The Hall–Kier alpha value is -2.18. The van der Waals surface area contributed by atoms with Gasteiger partial charge in [0.25, 0.3) is 11.6 Å². The van der Waals surface area contributed by atoms with E-state index in [-0.39, 0.29) is 27.2 Å². The van der Waals surface area contributed by atoms with Gasteiger partial charge >= 0.3 is 0 Å². The first-order valence-electron chi connectivity index (χ1n) is 5.35. The molecule has 0 aliphatic rings. The summed E-state index contributed by atoms with van der Waals surface area (Å²) in [5.41, 5.74) is -0.488. The molecule has 1 amide bonds. The van der Waals surface area contributed by atoms with Crippen molar-refractivity contribution >= 4 is 40.6 Å². The lowest BCUT2D eigenvalue weighted by Gasteiger charge is -2.05. The highest BCUT2D eigenvalue weighted by Crippen LogP contribution is 2.23. The smallest absolute Gasteiger partial charge is 0.282 e. The van der Waals surface area contributed by atoms with E-state index in [1.807, 2.05) is 0 Å². The van der Waals surface area contributed by atoms with E-state index in [9.17, 15) is 14.9 Å². The van der Waals surface area contributed by atoms with Crippen LogP contribution >= 0.6 is 23.2 Å². The Labute approximate surface area is 123 Å². The summed E-state index contributed by atoms with van der Waals surface area (Å²) in [5, 5.41) is 13.7. The summed E-state index contributed by atoms with van der Waals surface area (Å²) in [6, 6.07) is 8.38. The van der Waals surface area contributed by atoms with E-state index in [0.29, 0.717) is 0 Å². The molecule has 0 saturated carbocycles. The van der Waals surface area contributed by atoms with Crippen molar-refractivity contribution in [3.05, 3.63) is 62.3 Å². The van der Waals surface area contributed by atoms with Gasteiger partial charge in [-0.2, -0.15) is 0 Å². The van der Waals surface area contributed by atoms with Gasteiger partial charge in [0.2, 0.25) is 0 Å². The highest BCUT2D eigenvalue weighted by atomic mass is 35.5. The monoisotopic (exact) mass is 311 g/mol. The molecule has 1 N–H and O–H groups in total. The molecular formula is C12H7Cl2N3O3. The van der Waals surface area contributed by atoms with Crippen LogP contribution in [0.15, 0.2) is 36.4 Å². The molecule has 0 radical (unpaired) electrons. The lowest BCUT2D eigenvalue weighted by atomic mass is 10.1. The molecule has 2 aromatic rings. The molecule has 1 aromatic carbocycles. The van der Waals surface area contributed by atoms with Crippen LogP contribution in [0.5, 0.6) is 0 Å². The Balaban J connectivity index is 2.34. The fourth-order valence-electron chi connectivity index (χ4n) is 1.51. The van der Waals surface area contributed by atoms with E-state index in [1.165, 1.54) is 24.3 Å². The second-order valence-electron chi connectivity index (χ2n) is 3.72. The molecular weight excluding hydrogens is 305 g/mol. The van der Waals surface area contributed by atoms with Crippen LogP contribution in [0.2, 0.25) is 10.2 Å². The van der Waals surface area contributed by atoms with Crippen molar-refractivity contribution in [3.8, 4) is 0 Å². The highest BCUT2D eigenvalue weighted by Gasteiger charge is 2.20. The van der Waals surface area contributed by atoms with E-state index in [4.69, 9.17) is 23.2 Å². The van der Waals surface area contributed by atoms with E-state index in [2.05, 4.69) is 10.3 Å². The largest absolute Gasteiger partial charge is 0.306 e. The number of nitrogens with one attached hydrogen (secondary N) is 1. The van der Waals surface area contributed by atoms with E-state index in [0.717, 1.165) is 0 Å². The maximum Gasteiger partial charge on any atom is 0.282 e. The number of halogens is 2. The number of hydrogen-bond donors (Lipinski definition) is 1. The summed E-state index contributed by atoms with van der Waals surface area (Å²) in [4.78, 5) is 26.1. The minimum absolute atomic E-state index is 0.149. The summed E-state index contributed by atoms with van der Waals surface area (Å²) in [5.74, 6) is -0.495. The molecule has 20 heavy (non-hydrogen) atoms. The van der Waals surface area contributed by atoms with Crippen molar-refractivity contribution < 1.29 is 9.72 Å². The molecule has 0 fully saturated rings.